The van der Waals surface area contributed by atoms with Crippen molar-refractivity contribution in [1.82, 2.24) is 0 Å². The van der Waals surface area contributed by atoms with Crippen molar-refractivity contribution in [3.8, 4) is 5.75 Å². The van der Waals surface area contributed by atoms with E-state index in [-0.39, 0.29) is 6.10 Å². The van der Waals surface area contributed by atoms with Gasteiger partial charge in [0.05, 0.1) is 0 Å². The molecule has 0 heterocycles. The van der Waals surface area contributed by atoms with Crippen LogP contribution in [0.2, 0.25) is 10.0 Å². The Kier molecular flexibility index (Phi) is 6.89. The van der Waals surface area contributed by atoms with Gasteiger partial charge in [-0.25, -0.2) is 0 Å². The van der Waals surface area contributed by atoms with Crippen LogP contribution in [0.3, 0.4) is 0 Å². The second-order valence-electron chi connectivity index (χ2n) is 4.28. The molecule has 0 bridgehead atoms. The predicted molar refractivity (Wildman–Crippen MR) is 81.5 cm³/mol. The van der Waals surface area contributed by atoms with Gasteiger partial charge in [0.2, 0.25) is 0 Å². The first-order valence-corrected chi connectivity index (χ1v) is 6.98. The molecule has 1 atom stereocenters. The molecule has 5 heteroatoms. The van der Waals surface area contributed by atoms with Gasteiger partial charge in [-0.15, -0.1) is 0 Å². The van der Waals surface area contributed by atoms with E-state index in [1.54, 1.807) is 18.2 Å². The maximum atomic E-state index is 7.66. The summed E-state index contributed by atoms with van der Waals surface area (Å²) in [5, 5.41) is 15.9. The van der Waals surface area contributed by atoms with Gasteiger partial charge in [0.1, 0.15) is 11.9 Å². The first-order chi connectivity index (χ1) is 9.05. The standard InChI is InChI=1S/C14H18Cl2N2O/c1-2-12(18)3-4-13(5-6-17)19-14-8-10(15)7-11(16)9-14/h6-9,13,17-18H,2-5H2,1H3. The number of halogens is 2. The summed E-state index contributed by atoms with van der Waals surface area (Å²) in [6, 6.07) is 5.05. The number of rotatable bonds is 8. The van der Waals surface area contributed by atoms with E-state index >= 15 is 0 Å². The van der Waals surface area contributed by atoms with Crippen molar-refractivity contribution in [2.75, 3.05) is 0 Å². The summed E-state index contributed by atoms with van der Waals surface area (Å²) in [7, 11) is 0. The smallest absolute Gasteiger partial charge is 0.122 e. The monoisotopic (exact) mass is 300 g/mol. The quantitative estimate of drug-likeness (QED) is 0.653. The maximum absolute atomic E-state index is 7.66. The van der Waals surface area contributed by atoms with Gasteiger partial charge in [-0.1, -0.05) is 30.1 Å². The molecular formula is C14H18Cl2N2O. The Hall–Kier alpha value is -1.06. The van der Waals surface area contributed by atoms with Crippen LogP contribution >= 0.6 is 23.2 Å². The van der Waals surface area contributed by atoms with Crippen molar-refractivity contribution < 1.29 is 4.74 Å². The van der Waals surface area contributed by atoms with Gasteiger partial charge in [-0.2, -0.15) is 0 Å². The molecule has 19 heavy (non-hydrogen) atoms. The molecule has 0 amide bonds. The van der Waals surface area contributed by atoms with Crippen LogP contribution in [0.25, 0.3) is 0 Å². The topological polar surface area (TPSA) is 56.9 Å². The summed E-state index contributed by atoms with van der Waals surface area (Å²) in [4.78, 5) is 0. The first kappa shape index (κ1) is 16.0. The molecule has 0 aliphatic rings. The Labute approximate surface area is 123 Å². The fourth-order valence-electron chi connectivity index (χ4n) is 1.66. The lowest BCUT2D eigenvalue weighted by atomic mass is 10.1. The van der Waals surface area contributed by atoms with E-state index in [2.05, 4.69) is 0 Å². The van der Waals surface area contributed by atoms with Crippen LogP contribution in [0.1, 0.15) is 32.6 Å². The summed E-state index contributed by atoms with van der Waals surface area (Å²) in [6.07, 6.45) is 3.86. The molecule has 1 rings (SSSR count). The Morgan fingerprint density at radius 1 is 1.32 bits per heavy atom. The average molecular weight is 301 g/mol. The van der Waals surface area contributed by atoms with Crippen LogP contribution < -0.4 is 4.74 Å². The number of hydrogen-bond donors (Lipinski definition) is 2. The predicted octanol–water partition coefficient (Wildman–Crippen LogP) is 4.99. The minimum atomic E-state index is -0.126. The highest BCUT2D eigenvalue weighted by Gasteiger charge is 2.11. The van der Waals surface area contributed by atoms with Gasteiger partial charge in [0.25, 0.3) is 0 Å². The zero-order valence-electron chi connectivity index (χ0n) is 10.9. The number of benzene rings is 1. The summed E-state index contributed by atoms with van der Waals surface area (Å²) >= 11 is 11.8. The van der Waals surface area contributed by atoms with E-state index in [1.807, 2.05) is 6.92 Å². The van der Waals surface area contributed by atoms with Crippen molar-refractivity contribution >= 4 is 35.1 Å². The van der Waals surface area contributed by atoms with E-state index in [0.29, 0.717) is 40.8 Å². The summed E-state index contributed by atoms with van der Waals surface area (Å²) in [6.45, 7) is 1.96. The lowest BCUT2D eigenvalue weighted by Crippen LogP contribution is -2.18. The molecule has 104 valence electrons. The van der Waals surface area contributed by atoms with E-state index in [4.69, 9.17) is 38.8 Å². The van der Waals surface area contributed by atoms with Crippen LogP contribution in [-0.2, 0) is 0 Å². The molecule has 1 aromatic rings. The zero-order chi connectivity index (χ0) is 14.3. The molecule has 0 saturated heterocycles. The van der Waals surface area contributed by atoms with Crippen LogP contribution in [0.4, 0.5) is 0 Å². The van der Waals surface area contributed by atoms with Crippen molar-refractivity contribution in [3.05, 3.63) is 28.2 Å². The molecule has 1 aromatic carbocycles. The minimum absolute atomic E-state index is 0.126. The largest absolute Gasteiger partial charge is 0.490 e. The van der Waals surface area contributed by atoms with Crippen molar-refractivity contribution in [1.29, 1.82) is 10.8 Å². The third-order valence-electron chi connectivity index (χ3n) is 2.71. The summed E-state index contributed by atoms with van der Waals surface area (Å²) < 4.78 is 5.79. The van der Waals surface area contributed by atoms with Gasteiger partial charge in [0, 0.05) is 22.2 Å². The molecule has 0 spiro atoms. The lowest BCUT2D eigenvalue weighted by molar-refractivity contribution is 0.202. The third kappa shape index (κ3) is 6.08. The second kappa shape index (κ2) is 8.18. The third-order valence-corrected chi connectivity index (χ3v) is 3.15. The maximum Gasteiger partial charge on any atom is 0.122 e. The normalized spacial score (nSPS) is 11.9. The SMILES string of the molecule is CCC(=N)CCC(CC=N)Oc1cc(Cl)cc(Cl)c1. The van der Waals surface area contributed by atoms with Crippen molar-refractivity contribution in [2.45, 2.75) is 38.7 Å². The summed E-state index contributed by atoms with van der Waals surface area (Å²) in [5.74, 6) is 0.604. The lowest BCUT2D eigenvalue weighted by Gasteiger charge is -2.18. The fraction of sp³-hybridized carbons (Fsp3) is 0.429. The van der Waals surface area contributed by atoms with Crippen LogP contribution in [0, 0.1) is 10.8 Å². The highest BCUT2D eigenvalue weighted by atomic mass is 35.5. The fourth-order valence-corrected chi connectivity index (χ4v) is 2.16. The van der Waals surface area contributed by atoms with Gasteiger partial charge in [0.15, 0.2) is 0 Å². The molecule has 0 aliphatic carbocycles. The summed E-state index contributed by atoms with van der Waals surface area (Å²) in [5.41, 5.74) is 0.697. The Balaban J connectivity index is 2.66. The average Bonchev–Trinajstić information content (AvgIpc) is 2.34. The Morgan fingerprint density at radius 3 is 2.47 bits per heavy atom. The van der Waals surface area contributed by atoms with Gasteiger partial charge in [-0.05, 0) is 43.7 Å². The molecule has 0 saturated carbocycles. The van der Waals surface area contributed by atoms with Crippen molar-refractivity contribution in [3.63, 3.8) is 0 Å². The van der Waals surface area contributed by atoms with Gasteiger partial charge < -0.3 is 15.6 Å². The van der Waals surface area contributed by atoms with E-state index in [1.165, 1.54) is 6.21 Å². The number of nitrogens with one attached hydrogen (secondary N) is 2. The van der Waals surface area contributed by atoms with Crippen LogP contribution in [0.15, 0.2) is 18.2 Å². The van der Waals surface area contributed by atoms with E-state index < -0.39 is 0 Å². The molecule has 0 fully saturated rings. The minimum Gasteiger partial charge on any atom is -0.490 e. The van der Waals surface area contributed by atoms with E-state index in [0.717, 1.165) is 6.42 Å². The van der Waals surface area contributed by atoms with Gasteiger partial charge >= 0.3 is 0 Å². The van der Waals surface area contributed by atoms with Crippen LogP contribution in [-0.4, -0.2) is 18.0 Å². The molecule has 0 aromatic heterocycles. The molecule has 1 unspecified atom stereocenters. The number of hydrogen-bond acceptors (Lipinski definition) is 3. The molecule has 0 radical (unpaired) electrons. The highest BCUT2D eigenvalue weighted by Crippen LogP contribution is 2.26. The number of ether oxygens (including phenoxy) is 1. The van der Waals surface area contributed by atoms with Crippen molar-refractivity contribution in [2.24, 2.45) is 0 Å². The molecule has 2 N–H and O–H groups in total. The van der Waals surface area contributed by atoms with Crippen LogP contribution in [0.5, 0.6) is 5.75 Å². The Bertz CT molecular complexity index is 429. The second-order valence-corrected chi connectivity index (χ2v) is 5.15. The first-order valence-electron chi connectivity index (χ1n) is 6.23. The van der Waals surface area contributed by atoms with E-state index in [9.17, 15) is 0 Å². The molecular weight excluding hydrogens is 283 g/mol. The van der Waals surface area contributed by atoms with Gasteiger partial charge in [-0.3, -0.25) is 0 Å². The molecule has 3 nitrogen and oxygen atoms in total. The molecule has 0 aliphatic heterocycles. The highest BCUT2D eigenvalue weighted by molar-refractivity contribution is 6.34. The Morgan fingerprint density at radius 2 is 1.95 bits per heavy atom. The zero-order valence-corrected chi connectivity index (χ0v) is 12.4.